The Kier molecular flexibility index (Phi) is 6.34. The first-order valence-corrected chi connectivity index (χ1v) is 10.0. The predicted molar refractivity (Wildman–Crippen MR) is 114 cm³/mol. The highest BCUT2D eigenvalue weighted by molar-refractivity contribution is 5.49. The Balaban J connectivity index is 1.39. The molecule has 1 aliphatic rings. The molecule has 0 spiro atoms. The molecule has 0 amide bonds. The van der Waals surface area contributed by atoms with E-state index in [1.165, 1.54) is 0 Å². The van der Waals surface area contributed by atoms with Crippen molar-refractivity contribution < 1.29 is 9.47 Å². The molecule has 0 saturated carbocycles. The van der Waals surface area contributed by atoms with Gasteiger partial charge in [-0.1, -0.05) is 6.07 Å². The number of hydrogen-bond donors (Lipinski definition) is 1. The first-order chi connectivity index (χ1) is 14.8. The Bertz CT molecular complexity index is 939. The third-order valence-corrected chi connectivity index (χ3v) is 5.39. The first-order valence-electron chi connectivity index (χ1n) is 10.0. The van der Waals surface area contributed by atoms with Crippen molar-refractivity contribution in [2.45, 2.75) is 25.3 Å². The summed E-state index contributed by atoms with van der Waals surface area (Å²) in [6.07, 6.45) is 10.6. The molecule has 8 nitrogen and oxygen atoms in total. The molecule has 4 rings (SSSR count). The molecular weight excluding hydrogens is 380 g/mol. The highest BCUT2D eigenvalue weighted by atomic mass is 16.5. The van der Waals surface area contributed by atoms with Crippen LogP contribution in [-0.4, -0.2) is 52.1 Å². The third-order valence-electron chi connectivity index (χ3n) is 5.39. The van der Waals surface area contributed by atoms with Crippen molar-refractivity contribution >= 4 is 11.6 Å². The normalized spacial score (nSPS) is 15.0. The van der Waals surface area contributed by atoms with Crippen LogP contribution in [0.1, 0.15) is 30.0 Å². The standard InChI is InChI=1S/C22H26N6O2/c1-29-19-4-3-5-20(30-2)17(19)15-28-10-6-16(7-11-28)18-12-24-14-22(26-18)27-21-13-23-8-9-25-21/h3-5,8-9,12-14,16H,6-7,10-11,15H2,1-2H3,(H,25,26,27). The van der Waals surface area contributed by atoms with Crippen LogP contribution in [0.2, 0.25) is 0 Å². The van der Waals surface area contributed by atoms with Gasteiger partial charge in [0.2, 0.25) is 0 Å². The number of rotatable bonds is 7. The molecule has 1 fully saturated rings. The first kappa shape index (κ1) is 20.0. The molecule has 8 heteroatoms. The van der Waals surface area contributed by atoms with Crippen LogP contribution in [0, 0.1) is 0 Å². The maximum absolute atomic E-state index is 5.54. The van der Waals surface area contributed by atoms with Gasteiger partial charge in [0.1, 0.15) is 23.1 Å². The van der Waals surface area contributed by atoms with Crippen molar-refractivity contribution in [3.8, 4) is 11.5 Å². The number of likely N-dealkylation sites (tertiary alicyclic amines) is 1. The molecule has 3 heterocycles. The van der Waals surface area contributed by atoms with Gasteiger partial charge in [0.15, 0.2) is 0 Å². The Morgan fingerprint density at radius 2 is 1.70 bits per heavy atom. The summed E-state index contributed by atoms with van der Waals surface area (Å²) in [6, 6.07) is 5.92. The quantitative estimate of drug-likeness (QED) is 0.639. The summed E-state index contributed by atoms with van der Waals surface area (Å²) >= 11 is 0. The van der Waals surface area contributed by atoms with Crippen LogP contribution in [0.4, 0.5) is 11.6 Å². The molecule has 30 heavy (non-hydrogen) atoms. The summed E-state index contributed by atoms with van der Waals surface area (Å²) in [4.78, 5) is 19.8. The second-order valence-corrected chi connectivity index (χ2v) is 7.24. The number of piperidine rings is 1. The zero-order chi connectivity index (χ0) is 20.8. The Hall–Kier alpha value is -3.26. The third kappa shape index (κ3) is 4.65. The fourth-order valence-electron chi connectivity index (χ4n) is 3.83. The van der Waals surface area contributed by atoms with Gasteiger partial charge in [-0.05, 0) is 38.1 Å². The van der Waals surface area contributed by atoms with Crippen molar-refractivity contribution in [2.75, 3.05) is 32.6 Å². The largest absolute Gasteiger partial charge is 0.496 e. The molecule has 0 aliphatic carbocycles. The fraction of sp³-hybridized carbons (Fsp3) is 0.364. The van der Waals surface area contributed by atoms with Gasteiger partial charge in [-0.3, -0.25) is 14.9 Å². The molecule has 1 aliphatic heterocycles. The molecule has 0 unspecified atom stereocenters. The lowest BCUT2D eigenvalue weighted by atomic mass is 9.93. The van der Waals surface area contributed by atoms with Gasteiger partial charge in [0.05, 0.1) is 37.9 Å². The Morgan fingerprint density at radius 3 is 2.37 bits per heavy atom. The van der Waals surface area contributed by atoms with Crippen LogP contribution in [0.5, 0.6) is 11.5 Å². The molecule has 1 N–H and O–H groups in total. The Labute approximate surface area is 176 Å². The lowest BCUT2D eigenvalue weighted by Crippen LogP contribution is -2.33. The van der Waals surface area contributed by atoms with E-state index < -0.39 is 0 Å². The number of benzene rings is 1. The van der Waals surface area contributed by atoms with Gasteiger partial charge in [0, 0.05) is 31.1 Å². The van der Waals surface area contributed by atoms with E-state index in [2.05, 4.69) is 25.2 Å². The number of aromatic nitrogens is 4. The highest BCUT2D eigenvalue weighted by Crippen LogP contribution is 2.33. The van der Waals surface area contributed by atoms with E-state index in [4.69, 9.17) is 14.5 Å². The summed E-state index contributed by atoms with van der Waals surface area (Å²) in [5.74, 6) is 3.46. The average Bonchev–Trinajstić information content (AvgIpc) is 2.80. The zero-order valence-corrected chi connectivity index (χ0v) is 17.3. The molecule has 1 aromatic carbocycles. The predicted octanol–water partition coefficient (Wildman–Crippen LogP) is 3.41. The summed E-state index contributed by atoms with van der Waals surface area (Å²) < 4.78 is 11.1. The fourth-order valence-corrected chi connectivity index (χ4v) is 3.83. The number of methoxy groups -OCH3 is 2. The lowest BCUT2D eigenvalue weighted by Gasteiger charge is -2.32. The number of nitrogens with zero attached hydrogens (tertiary/aromatic N) is 5. The summed E-state index contributed by atoms with van der Waals surface area (Å²) in [7, 11) is 3.40. The molecule has 2 aromatic heterocycles. The molecular formula is C22H26N6O2. The van der Waals surface area contributed by atoms with Crippen molar-refractivity contribution in [1.29, 1.82) is 0 Å². The van der Waals surface area contributed by atoms with Crippen molar-refractivity contribution in [2.24, 2.45) is 0 Å². The van der Waals surface area contributed by atoms with Gasteiger partial charge in [-0.25, -0.2) is 9.97 Å². The number of ether oxygens (including phenoxy) is 2. The molecule has 1 saturated heterocycles. The maximum atomic E-state index is 5.54. The second-order valence-electron chi connectivity index (χ2n) is 7.24. The van der Waals surface area contributed by atoms with E-state index in [-0.39, 0.29) is 0 Å². The molecule has 0 atom stereocenters. The smallest absolute Gasteiger partial charge is 0.150 e. The van der Waals surface area contributed by atoms with Gasteiger partial charge in [0.25, 0.3) is 0 Å². The molecule has 3 aromatic rings. The summed E-state index contributed by atoms with van der Waals surface area (Å²) in [5, 5.41) is 3.16. The van der Waals surface area contributed by atoms with Crippen LogP contribution < -0.4 is 14.8 Å². The number of hydrogen-bond acceptors (Lipinski definition) is 8. The monoisotopic (exact) mass is 406 g/mol. The molecule has 0 bridgehead atoms. The van der Waals surface area contributed by atoms with E-state index in [0.717, 1.165) is 55.2 Å². The van der Waals surface area contributed by atoms with E-state index in [9.17, 15) is 0 Å². The zero-order valence-electron chi connectivity index (χ0n) is 17.3. The van der Waals surface area contributed by atoms with Crippen molar-refractivity contribution in [3.05, 3.63) is 60.4 Å². The average molecular weight is 406 g/mol. The number of nitrogens with one attached hydrogen (secondary N) is 1. The van der Waals surface area contributed by atoms with E-state index >= 15 is 0 Å². The van der Waals surface area contributed by atoms with E-state index in [1.54, 1.807) is 39.0 Å². The minimum atomic E-state index is 0.386. The van der Waals surface area contributed by atoms with Crippen LogP contribution in [0.25, 0.3) is 0 Å². The second kappa shape index (κ2) is 9.49. The molecule has 0 radical (unpaired) electrons. The minimum Gasteiger partial charge on any atom is -0.496 e. The summed E-state index contributed by atoms with van der Waals surface area (Å²) in [5.41, 5.74) is 2.11. The van der Waals surface area contributed by atoms with Crippen molar-refractivity contribution in [3.63, 3.8) is 0 Å². The van der Waals surface area contributed by atoms with Crippen molar-refractivity contribution in [1.82, 2.24) is 24.8 Å². The van der Waals surface area contributed by atoms with Crippen LogP contribution in [0.15, 0.2) is 49.2 Å². The minimum absolute atomic E-state index is 0.386. The van der Waals surface area contributed by atoms with Crippen LogP contribution >= 0.6 is 0 Å². The van der Waals surface area contributed by atoms with Gasteiger partial charge < -0.3 is 14.8 Å². The van der Waals surface area contributed by atoms with Crippen LogP contribution in [-0.2, 0) is 6.54 Å². The van der Waals surface area contributed by atoms with Gasteiger partial charge in [-0.15, -0.1) is 0 Å². The Morgan fingerprint density at radius 1 is 0.967 bits per heavy atom. The summed E-state index contributed by atoms with van der Waals surface area (Å²) in [6.45, 7) is 2.77. The SMILES string of the molecule is COc1cccc(OC)c1CN1CCC(c2cncc(Nc3cnccn3)n2)CC1. The van der Waals surface area contributed by atoms with Gasteiger partial charge in [-0.2, -0.15) is 0 Å². The lowest BCUT2D eigenvalue weighted by molar-refractivity contribution is 0.198. The van der Waals surface area contributed by atoms with Crippen LogP contribution in [0.3, 0.4) is 0 Å². The maximum Gasteiger partial charge on any atom is 0.150 e. The van der Waals surface area contributed by atoms with E-state index in [1.807, 2.05) is 24.4 Å². The topological polar surface area (TPSA) is 85.3 Å². The highest BCUT2D eigenvalue weighted by Gasteiger charge is 2.24. The number of anilines is 2. The van der Waals surface area contributed by atoms with E-state index in [0.29, 0.717) is 17.6 Å². The van der Waals surface area contributed by atoms with Gasteiger partial charge >= 0.3 is 0 Å². The molecule has 156 valence electrons.